The maximum Gasteiger partial charge on any atom is 0.0558 e. The van der Waals surface area contributed by atoms with Crippen molar-refractivity contribution in [2.75, 3.05) is 6.54 Å². The van der Waals surface area contributed by atoms with Crippen LogP contribution < -0.4 is 11.1 Å². The highest BCUT2D eigenvalue weighted by molar-refractivity contribution is 6.05. The molecule has 1 aliphatic rings. The van der Waals surface area contributed by atoms with E-state index < -0.39 is 0 Å². The van der Waals surface area contributed by atoms with Crippen molar-refractivity contribution in [1.82, 2.24) is 5.32 Å². The van der Waals surface area contributed by atoms with Crippen molar-refractivity contribution >= 4 is 5.71 Å². The first-order valence-electron chi connectivity index (χ1n) is 4.25. The maximum atomic E-state index is 7.88. The van der Waals surface area contributed by atoms with E-state index in [0.29, 0.717) is 5.71 Å². The number of piperidine rings is 1. The van der Waals surface area contributed by atoms with Gasteiger partial charge >= 0.3 is 0 Å². The van der Waals surface area contributed by atoms with Gasteiger partial charge in [0.05, 0.1) is 11.3 Å². The normalized spacial score (nSPS) is 27.1. The van der Waals surface area contributed by atoms with E-state index in [0.717, 1.165) is 24.2 Å². The lowest BCUT2D eigenvalue weighted by atomic mass is 9.86. The number of hydrogen-bond donors (Lipinski definition) is 3. The molecule has 0 aromatic carbocycles. The van der Waals surface area contributed by atoms with Crippen LogP contribution in [0.25, 0.3) is 0 Å². The first kappa shape index (κ1) is 9.26. The van der Waals surface area contributed by atoms with Gasteiger partial charge in [0.1, 0.15) is 0 Å². The zero-order valence-corrected chi connectivity index (χ0v) is 7.99. The van der Waals surface area contributed by atoms with Crippen LogP contribution in [-0.4, -0.2) is 17.8 Å². The SMILES string of the molecule is C/C(N)=C1/CCNC(C)(C)C1=N. The minimum atomic E-state index is -0.214. The Labute approximate surface area is 73.5 Å². The van der Waals surface area contributed by atoms with Crippen LogP contribution in [0.4, 0.5) is 0 Å². The lowest BCUT2D eigenvalue weighted by Gasteiger charge is -2.34. The van der Waals surface area contributed by atoms with Crippen molar-refractivity contribution in [2.24, 2.45) is 5.73 Å². The van der Waals surface area contributed by atoms with Crippen LogP contribution in [0.15, 0.2) is 11.3 Å². The van der Waals surface area contributed by atoms with Crippen LogP contribution in [-0.2, 0) is 0 Å². The number of hydrogen-bond acceptors (Lipinski definition) is 3. The third-order valence-corrected chi connectivity index (χ3v) is 2.34. The van der Waals surface area contributed by atoms with E-state index >= 15 is 0 Å². The summed E-state index contributed by atoms with van der Waals surface area (Å²) in [5.74, 6) is 0. The maximum absolute atomic E-state index is 7.88. The first-order chi connectivity index (χ1) is 5.45. The predicted molar refractivity (Wildman–Crippen MR) is 51.3 cm³/mol. The van der Waals surface area contributed by atoms with Crippen LogP contribution >= 0.6 is 0 Å². The standard InChI is InChI=1S/C9H17N3/c1-6(10)7-4-5-12-9(2,3)8(7)11/h11-12H,4-5,10H2,1-3H3/b7-6+,11-8?. The average molecular weight is 167 g/mol. The molecule has 12 heavy (non-hydrogen) atoms. The number of nitrogens with one attached hydrogen (secondary N) is 2. The van der Waals surface area contributed by atoms with Gasteiger partial charge in [0.15, 0.2) is 0 Å². The van der Waals surface area contributed by atoms with Gasteiger partial charge in [-0.05, 0) is 32.8 Å². The van der Waals surface area contributed by atoms with E-state index in [1.165, 1.54) is 0 Å². The minimum absolute atomic E-state index is 0.214. The van der Waals surface area contributed by atoms with Gasteiger partial charge in [-0.1, -0.05) is 0 Å². The van der Waals surface area contributed by atoms with Crippen molar-refractivity contribution in [3.63, 3.8) is 0 Å². The molecule has 0 aromatic heterocycles. The van der Waals surface area contributed by atoms with Crippen LogP contribution in [0.1, 0.15) is 27.2 Å². The second-order valence-corrected chi connectivity index (χ2v) is 3.84. The third kappa shape index (κ3) is 1.50. The monoisotopic (exact) mass is 167 g/mol. The molecular formula is C9H17N3. The molecular weight excluding hydrogens is 150 g/mol. The van der Waals surface area contributed by atoms with Crippen molar-refractivity contribution < 1.29 is 0 Å². The molecule has 0 aromatic rings. The fourth-order valence-electron chi connectivity index (χ4n) is 1.48. The van der Waals surface area contributed by atoms with Gasteiger partial charge in [-0.25, -0.2) is 0 Å². The van der Waals surface area contributed by atoms with Crippen LogP contribution in [0.2, 0.25) is 0 Å². The second kappa shape index (κ2) is 2.90. The molecule has 1 aliphatic heterocycles. The molecule has 0 radical (unpaired) electrons. The fraction of sp³-hybridized carbons (Fsp3) is 0.667. The second-order valence-electron chi connectivity index (χ2n) is 3.84. The molecule has 1 heterocycles. The van der Waals surface area contributed by atoms with Crippen LogP contribution in [0.3, 0.4) is 0 Å². The van der Waals surface area contributed by atoms with E-state index in [2.05, 4.69) is 5.32 Å². The van der Waals surface area contributed by atoms with Crippen molar-refractivity contribution in [1.29, 1.82) is 5.41 Å². The highest BCUT2D eigenvalue weighted by atomic mass is 15.0. The zero-order chi connectivity index (χ0) is 9.35. The van der Waals surface area contributed by atoms with Gasteiger partial charge in [0.2, 0.25) is 0 Å². The average Bonchev–Trinajstić information content (AvgIpc) is 1.94. The summed E-state index contributed by atoms with van der Waals surface area (Å²) in [5, 5.41) is 11.2. The molecule has 3 heteroatoms. The summed E-state index contributed by atoms with van der Waals surface area (Å²) in [4.78, 5) is 0. The molecule has 0 saturated carbocycles. The number of nitrogens with two attached hydrogens (primary N) is 1. The summed E-state index contributed by atoms with van der Waals surface area (Å²) < 4.78 is 0. The summed E-state index contributed by atoms with van der Waals surface area (Å²) in [5.41, 5.74) is 7.91. The first-order valence-corrected chi connectivity index (χ1v) is 4.25. The smallest absolute Gasteiger partial charge is 0.0558 e. The lowest BCUT2D eigenvalue weighted by molar-refractivity contribution is 0.483. The summed E-state index contributed by atoms with van der Waals surface area (Å²) in [7, 11) is 0. The summed E-state index contributed by atoms with van der Waals surface area (Å²) in [6, 6.07) is 0. The zero-order valence-electron chi connectivity index (χ0n) is 7.99. The molecule has 0 aliphatic carbocycles. The minimum Gasteiger partial charge on any atom is -0.402 e. The highest BCUT2D eigenvalue weighted by Crippen LogP contribution is 2.20. The predicted octanol–water partition coefficient (Wildman–Crippen LogP) is 1.01. The van der Waals surface area contributed by atoms with E-state index in [4.69, 9.17) is 11.1 Å². The molecule has 1 fully saturated rings. The van der Waals surface area contributed by atoms with Gasteiger partial charge < -0.3 is 16.5 Å². The fourth-order valence-corrected chi connectivity index (χ4v) is 1.48. The Bertz CT molecular complexity index is 234. The Morgan fingerprint density at radius 1 is 1.58 bits per heavy atom. The lowest BCUT2D eigenvalue weighted by Crippen LogP contribution is -2.51. The quantitative estimate of drug-likeness (QED) is 0.504. The summed E-state index contributed by atoms with van der Waals surface area (Å²) in [6.07, 6.45) is 0.880. The van der Waals surface area contributed by atoms with Gasteiger partial charge in [0.25, 0.3) is 0 Å². The van der Waals surface area contributed by atoms with E-state index in [1.807, 2.05) is 20.8 Å². The van der Waals surface area contributed by atoms with Gasteiger partial charge in [-0.15, -0.1) is 0 Å². The molecule has 3 nitrogen and oxygen atoms in total. The van der Waals surface area contributed by atoms with Gasteiger partial charge in [-0.2, -0.15) is 0 Å². The largest absolute Gasteiger partial charge is 0.402 e. The molecule has 0 bridgehead atoms. The van der Waals surface area contributed by atoms with Crippen molar-refractivity contribution in [3.05, 3.63) is 11.3 Å². The molecule has 1 saturated heterocycles. The van der Waals surface area contributed by atoms with Gasteiger partial charge in [0, 0.05) is 12.2 Å². The van der Waals surface area contributed by atoms with Crippen LogP contribution in [0, 0.1) is 5.41 Å². The third-order valence-electron chi connectivity index (χ3n) is 2.34. The highest BCUT2D eigenvalue weighted by Gasteiger charge is 2.30. The Morgan fingerprint density at radius 2 is 2.17 bits per heavy atom. The van der Waals surface area contributed by atoms with E-state index in [1.54, 1.807) is 0 Å². The summed E-state index contributed by atoms with van der Waals surface area (Å²) >= 11 is 0. The molecule has 68 valence electrons. The Balaban J connectivity index is 2.96. The Hall–Kier alpha value is -0.830. The van der Waals surface area contributed by atoms with Crippen LogP contribution in [0.5, 0.6) is 0 Å². The molecule has 0 spiro atoms. The van der Waals surface area contributed by atoms with Crippen molar-refractivity contribution in [3.8, 4) is 0 Å². The van der Waals surface area contributed by atoms with E-state index in [-0.39, 0.29) is 5.54 Å². The number of rotatable bonds is 0. The van der Waals surface area contributed by atoms with Crippen molar-refractivity contribution in [2.45, 2.75) is 32.7 Å². The Morgan fingerprint density at radius 3 is 2.58 bits per heavy atom. The van der Waals surface area contributed by atoms with E-state index in [9.17, 15) is 0 Å². The summed E-state index contributed by atoms with van der Waals surface area (Å²) in [6.45, 7) is 6.80. The Kier molecular flexibility index (Phi) is 2.24. The van der Waals surface area contributed by atoms with Gasteiger partial charge in [-0.3, -0.25) is 0 Å². The number of allylic oxidation sites excluding steroid dienone is 1. The molecule has 0 unspecified atom stereocenters. The molecule has 0 atom stereocenters. The molecule has 4 N–H and O–H groups in total. The molecule has 1 rings (SSSR count). The topological polar surface area (TPSA) is 61.9 Å². The molecule has 0 amide bonds.